The van der Waals surface area contributed by atoms with Crippen molar-refractivity contribution in [1.82, 2.24) is 4.72 Å². The van der Waals surface area contributed by atoms with Gasteiger partial charge in [0.2, 0.25) is 10.0 Å². The molecule has 0 spiro atoms. The molecule has 108 valence electrons. The van der Waals surface area contributed by atoms with E-state index in [-0.39, 0.29) is 5.75 Å². The number of aryl methyl sites for hydroxylation is 1. The van der Waals surface area contributed by atoms with Crippen molar-refractivity contribution in [3.05, 3.63) is 71.3 Å². The van der Waals surface area contributed by atoms with Gasteiger partial charge in [0.15, 0.2) is 0 Å². The largest absolute Gasteiger partial charge is 0.217 e. The van der Waals surface area contributed by atoms with Gasteiger partial charge in [-0.15, -0.1) is 0 Å². The van der Waals surface area contributed by atoms with E-state index < -0.39 is 16.1 Å². The second kappa shape index (κ2) is 6.53. The molecule has 21 heavy (non-hydrogen) atoms. The second-order valence-corrected chi connectivity index (χ2v) is 6.59. The Balaban J connectivity index is 2.14. The molecule has 0 saturated carbocycles. The number of nitrogens with one attached hydrogen (secondary N) is 1. The predicted molar refractivity (Wildman–Crippen MR) is 81.7 cm³/mol. The summed E-state index contributed by atoms with van der Waals surface area (Å²) in [5.74, 6) is -0.141. The molecule has 1 unspecified atom stereocenters. The summed E-state index contributed by atoms with van der Waals surface area (Å²) in [6.07, 6.45) is 0. The summed E-state index contributed by atoms with van der Waals surface area (Å²) >= 11 is 0. The van der Waals surface area contributed by atoms with E-state index in [0.717, 1.165) is 5.56 Å². The molecule has 4 nitrogen and oxygen atoms in total. The molecule has 2 rings (SSSR count). The predicted octanol–water partition coefficient (Wildman–Crippen LogP) is 2.68. The fourth-order valence-electron chi connectivity index (χ4n) is 1.94. The summed E-state index contributed by atoms with van der Waals surface area (Å²) in [6.45, 7) is 1.94. The summed E-state index contributed by atoms with van der Waals surface area (Å²) in [5, 5.41) is 9.20. The minimum absolute atomic E-state index is 0.141. The van der Waals surface area contributed by atoms with Gasteiger partial charge < -0.3 is 0 Å². The smallest absolute Gasteiger partial charge is 0.212 e. The lowest BCUT2D eigenvalue weighted by molar-refractivity contribution is 0.574. The zero-order valence-corrected chi connectivity index (χ0v) is 12.5. The van der Waals surface area contributed by atoms with Crippen molar-refractivity contribution in [2.24, 2.45) is 0 Å². The van der Waals surface area contributed by atoms with Crippen LogP contribution < -0.4 is 4.72 Å². The molecular formula is C16H16N2O2S. The van der Waals surface area contributed by atoms with Gasteiger partial charge in [-0.2, -0.15) is 9.98 Å². The average molecular weight is 300 g/mol. The Kier molecular flexibility index (Phi) is 4.73. The zero-order valence-electron chi connectivity index (χ0n) is 11.7. The van der Waals surface area contributed by atoms with Crippen LogP contribution in [-0.2, 0) is 15.8 Å². The van der Waals surface area contributed by atoms with Gasteiger partial charge in [0, 0.05) is 0 Å². The van der Waals surface area contributed by atoms with Crippen LogP contribution in [0.25, 0.3) is 0 Å². The van der Waals surface area contributed by atoms with E-state index >= 15 is 0 Å². The molecule has 1 N–H and O–H groups in total. The van der Waals surface area contributed by atoms with E-state index in [2.05, 4.69) is 4.72 Å². The van der Waals surface area contributed by atoms with Crippen molar-refractivity contribution in [3.63, 3.8) is 0 Å². The molecular weight excluding hydrogens is 284 g/mol. The first-order chi connectivity index (χ1) is 10.00. The first-order valence-electron chi connectivity index (χ1n) is 6.50. The fourth-order valence-corrected chi connectivity index (χ4v) is 3.21. The first kappa shape index (κ1) is 15.2. The molecule has 0 aliphatic heterocycles. The van der Waals surface area contributed by atoms with Gasteiger partial charge in [-0.1, -0.05) is 60.2 Å². The van der Waals surface area contributed by atoms with Crippen LogP contribution in [0, 0.1) is 18.3 Å². The van der Waals surface area contributed by atoms with Crippen molar-refractivity contribution in [2.75, 3.05) is 0 Å². The van der Waals surface area contributed by atoms with Crippen molar-refractivity contribution in [2.45, 2.75) is 18.7 Å². The van der Waals surface area contributed by atoms with Crippen LogP contribution in [0.1, 0.15) is 22.7 Å². The van der Waals surface area contributed by atoms with E-state index in [0.29, 0.717) is 11.1 Å². The fraction of sp³-hybridized carbons (Fsp3) is 0.188. The Bertz CT molecular complexity index is 732. The average Bonchev–Trinajstić information content (AvgIpc) is 2.46. The second-order valence-electron chi connectivity index (χ2n) is 4.84. The van der Waals surface area contributed by atoms with Crippen molar-refractivity contribution >= 4 is 10.0 Å². The molecule has 0 heterocycles. The Morgan fingerprint density at radius 1 is 1.10 bits per heavy atom. The lowest BCUT2D eigenvalue weighted by Crippen LogP contribution is -2.29. The van der Waals surface area contributed by atoms with Crippen LogP contribution in [0.3, 0.4) is 0 Å². The van der Waals surface area contributed by atoms with Gasteiger partial charge in [0.05, 0.1) is 11.8 Å². The lowest BCUT2D eigenvalue weighted by Gasteiger charge is -2.13. The number of hydrogen-bond donors (Lipinski definition) is 1. The number of sulfonamides is 1. The normalized spacial score (nSPS) is 12.6. The van der Waals surface area contributed by atoms with Crippen molar-refractivity contribution in [3.8, 4) is 6.07 Å². The molecule has 0 radical (unpaired) electrons. The van der Waals surface area contributed by atoms with Crippen LogP contribution in [0.5, 0.6) is 0 Å². The highest BCUT2D eigenvalue weighted by molar-refractivity contribution is 7.88. The number of nitriles is 1. The molecule has 0 aromatic heterocycles. The van der Waals surface area contributed by atoms with Gasteiger partial charge >= 0.3 is 0 Å². The number of nitrogens with zero attached hydrogens (tertiary/aromatic N) is 1. The summed E-state index contributed by atoms with van der Waals surface area (Å²) in [4.78, 5) is 0. The summed E-state index contributed by atoms with van der Waals surface area (Å²) < 4.78 is 26.7. The minimum Gasteiger partial charge on any atom is -0.212 e. The van der Waals surface area contributed by atoms with Gasteiger partial charge in [0.25, 0.3) is 0 Å². The standard InChI is InChI=1S/C16H16N2O2S/c1-13-7-9-15(10-8-13)16(11-17)18-21(19,20)12-14-5-3-2-4-6-14/h2-10,16,18H,12H2,1H3. The molecule has 0 amide bonds. The summed E-state index contributed by atoms with van der Waals surface area (Å²) in [6, 6.07) is 17.2. The molecule has 0 aliphatic carbocycles. The molecule has 2 aromatic rings. The highest BCUT2D eigenvalue weighted by Crippen LogP contribution is 2.15. The Morgan fingerprint density at radius 2 is 1.71 bits per heavy atom. The third-order valence-electron chi connectivity index (χ3n) is 3.04. The van der Waals surface area contributed by atoms with E-state index in [1.807, 2.05) is 31.2 Å². The van der Waals surface area contributed by atoms with Gasteiger partial charge in [-0.05, 0) is 18.1 Å². The summed E-state index contributed by atoms with van der Waals surface area (Å²) in [7, 11) is -3.58. The zero-order chi connectivity index (χ0) is 15.3. The first-order valence-corrected chi connectivity index (χ1v) is 8.15. The van der Waals surface area contributed by atoms with E-state index in [1.165, 1.54) is 0 Å². The Morgan fingerprint density at radius 3 is 2.29 bits per heavy atom. The molecule has 0 aliphatic rings. The van der Waals surface area contributed by atoms with Crippen LogP contribution in [0.2, 0.25) is 0 Å². The van der Waals surface area contributed by atoms with Crippen LogP contribution in [0.4, 0.5) is 0 Å². The molecule has 0 saturated heterocycles. The van der Waals surface area contributed by atoms with Gasteiger partial charge in [0.1, 0.15) is 6.04 Å². The number of rotatable bonds is 5. The molecule has 2 aromatic carbocycles. The van der Waals surface area contributed by atoms with Crippen molar-refractivity contribution < 1.29 is 8.42 Å². The van der Waals surface area contributed by atoms with Crippen LogP contribution >= 0.6 is 0 Å². The maximum absolute atomic E-state index is 12.1. The third kappa shape index (κ3) is 4.42. The molecule has 1 atom stereocenters. The maximum atomic E-state index is 12.1. The Labute approximate surface area is 125 Å². The van der Waals surface area contributed by atoms with E-state index in [9.17, 15) is 13.7 Å². The van der Waals surface area contributed by atoms with E-state index in [1.54, 1.807) is 36.4 Å². The number of benzene rings is 2. The number of hydrogen-bond acceptors (Lipinski definition) is 3. The molecule has 0 fully saturated rings. The van der Waals surface area contributed by atoms with Crippen LogP contribution in [-0.4, -0.2) is 8.42 Å². The van der Waals surface area contributed by atoms with Crippen molar-refractivity contribution in [1.29, 1.82) is 5.26 Å². The van der Waals surface area contributed by atoms with Crippen LogP contribution in [0.15, 0.2) is 54.6 Å². The minimum atomic E-state index is -3.58. The third-order valence-corrected chi connectivity index (χ3v) is 4.34. The molecule has 5 heteroatoms. The van der Waals surface area contributed by atoms with Gasteiger partial charge in [-0.25, -0.2) is 8.42 Å². The highest BCUT2D eigenvalue weighted by Gasteiger charge is 2.19. The highest BCUT2D eigenvalue weighted by atomic mass is 32.2. The quantitative estimate of drug-likeness (QED) is 0.923. The van der Waals surface area contributed by atoms with E-state index in [4.69, 9.17) is 0 Å². The van der Waals surface area contributed by atoms with Gasteiger partial charge in [-0.3, -0.25) is 0 Å². The lowest BCUT2D eigenvalue weighted by atomic mass is 10.1. The Hall–Kier alpha value is -2.16. The summed E-state index contributed by atoms with van der Waals surface area (Å²) in [5.41, 5.74) is 2.38. The molecule has 0 bridgehead atoms. The SMILES string of the molecule is Cc1ccc(C(C#N)NS(=O)(=O)Cc2ccccc2)cc1. The monoisotopic (exact) mass is 300 g/mol. The maximum Gasteiger partial charge on any atom is 0.217 e. The topological polar surface area (TPSA) is 70.0 Å².